The number of benzene rings is 7. The van der Waals surface area contributed by atoms with E-state index in [1.54, 1.807) is 0 Å². The van der Waals surface area contributed by atoms with Crippen LogP contribution in [0.4, 0.5) is 17.1 Å². The van der Waals surface area contributed by atoms with E-state index in [9.17, 15) is 0 Å². The number of fused-ring (bicyclic) bond motifs is 4. The lowest BCUT2D eigenvalue weighted by molar-refractivity contribution is 1.20. The van der Waals surface area contributed by atoms with E-state index >= 15 is 0 Å². The maximum atomic E-state index is 2.41. The van der Waals surface area contributed by atoms with E-state index in [1.807, 2.05) is 6.07 Å². The molecule has 0 spiro atoms. The van der Waals surface area contributed by atoms with Crippen molar-refractivity contribution >= 4 is 61.8 Å². The number of rotatable bonds is 6. The summed E-state index contributed by atoms with van der Waals surface area (Å²) < 4.78 is 2.41. The molecule has 0 aliphatic carbocycles. The lowest BCUT2D eigenvalue weighted by Gasteiger charge is -2.25. The minimum absolute atomic E-state index is 1.12. The standard InChI is InChI=1S/C42H30N2/c1-3-12-31(13-4-1)22-23-32-24-26-35(27-25-32)43(34-16-5-2-6-17-34)36-28-29-42-39(30-36)38-19-9-10-20-41(38)44(42)40-21-11-15-33-14-7-8-18-37(33)40/h1-30H/b23-22+. The van der Waals surface area contributed by atoms with Gasteiger partial charge in [0, 0.05) is 33.2 Å². The highest BCUT2D eigenvalue weighted by Gasteiger charge is 2.18. The maximum absolute atomic E-state index is 2.41. The Kier molecular flexibility index (Phi) is 6.51. The van der Waals surface area contributed by atoms with Gasteiger partial charge in [-0.15, -0.1) is 0 Å². The van der Waals surface area contributed by atoms with Crippen molar-refractivity contribution in [1.82, 2.24) is 4.57 Å². The Hall–Kier alpha value is -5.86. The Balaban J connectivity index is 1.27. The molecular formula is C42H30N2. The summed E-state index contributed by atoms with van der Waals surface area (Å²) in [5.41, 5.74) is 9.32. The topological polar surface area (TPSA) is 8.17 Å². The van der Waals surface area contributed by atoms with Gasteiger partial charge in [-0.1, -0.05) is 127 Å². The van der Waals surface area contributed by atoms with Crippen LogP contribution in [0.2, 0.25) is 0 Å². The quantitative estimate of drug-likeness (QED) is 0.183. The van der Waals surface area contributed by atoms with Gasteiger partial charge in [0.15, 0.2) is 0 Å². The van der Waals surface area contributed by atoms with E-state index in [1.165, 1.54) is 49.4 Å². The van der Waals surface area contributed by atoms with E-state index in [0.717, 1.165) is 17.1 Å². The maximum Gasteiger partial charge on any atom is 0.0542 e. The first-order valence-electron chi connectivity index (χ1n) is 15.0. The van der Waals surface area contributed by atoms with Crippen LogP contribution in [0.25, 0.3) is 50.4 Å². The number of anilines is 3. The van der Waals surface area contributed by atoms with Crippen LogP contribution in [-0.2, 0) is 0 Å². The van der Waals surface area contributed by atoms with Crippen molar-refractivity contribution in [3.05, 3.63) is 181 Å². The fourth-order valence-corrected chi connectivity index (χ4v) is 6.28. The van der Waals surface area contributed by atoms with Gasteiger partial charge < -0.3 is 9.47 Å². The average Bonchev–Trinajstić information content (AvgIpc) is 3.42. The first-order valence-corrected chi connectivity index (χ1v) is 15.0. The van der Waals surface area contributed by atoms with Crippen LogP contribution in [0.3, 0.4) is 0 Å². The Morgan fingerprint density at radius 3 is 1.75 bits per heavy atom. The Morgan fingerprint density at radius 2 is 0.955 bits per heavy atom. The van der Waals surface area contributed by atoms with Crippen LogP contribution >= 0.6 is 0 Å². The molecule has 0 amide bonds. The molecule has 0 atom stereocenters. The van der Waals surface area contributed by atoms with Crippen molar-refractivity contribution in [2.45, 2.75) is 0 Å². The molecule has 1 aromatic heterocycles. The molecule has 1 heterocycles. The lowest BCUT2D eigenvalue weighted by Crippen LogP contribution is -2.09. The molecule has 0 aliphatic rings. The molecule has 0 bridgehead atoms. The predicted octanol–water partition coefficient (Wildman–Crippen LogP) is 11.6. The van der Waals surface area contributed by atoms with Gasteiger partial charge in [-0.25, -0.2) is 0 Å². The van der Waals surface area contributed by atoms with E-state index < -0.39 is 0 Å². The molecule has 0 fully saturated rings. The molecule has 0 aliphatic heterocycles. The van der Waals surface area contributed by atoms with Gasteiger partial charge in [0.05, 0.1) is 16.7 Å². The third kappa shape index (κ3) is 4.63. The Bertz CT molecular complexity index is 2250. The minimum atomic E-state index is 1.12. The highest BCUT2D eigenvalue weighted by atomic mass is 15.1. The average molecular weight is 563 g/mol. The summed E-state index contributed by atoms with van der Waals surface area (Å²) in [7, 11) is 0. The molecular weight excluding hydrogens is 532 g/mol. The first-order chi connectivity index (χ1) is 21.8. The smallest absolute Gasteiger partial charge is 0.0542 e. The van der Waals surface area contributed by atoms with Crippen LogP contribution in [0.15, 0.2) is 170 Å². The van der Waals surface area contributed by atoms with Crippen molar-refractivity contribution < 1.29 is 0 Å². The predicted molar refractivity (Wildman–Crippen MR) is 188 cm³/mol. The summed E-state index contributed by atoms with van der Waals surface area (Å²) in [5.74, 6) is 0. The zero-order valence-corrected chi connectivity index (χ0v) is 24.2. The number of hydrogen-bond donors (Lipinski definition) is 0. The van der Waals surface area contributed by atoms with Gasteiger partial charge in [0.25, 0.3) is 0 Å². The molecule has 2 heteroatoms. The second-order valence-corrected chi connectivity index (χ2v) is 11.1. The van der Waals surface area contributed by atoms with E-state index in [4.69, 9.17) is 0 Å². The third-order valence-corrected chi connectivity index (χ3v) is 8.36. The summed E-state index contributed by atoms with van der Waals surface area (Å²) in [5, 5.41) is 4.96. The fourth-order valence-electron chi connectivity index (χ4n) is 6.28. The van der Waals surface area contributed by atoms with Crippen molar-refractivity contribution in [2.75, 3.05) is 4.90 Å². The molecule has 8 rings (SSSR count). The van der Waals surface area contributed by atoms with Crippen LogP contribution < -0.4 is 4.90 Å². The second kappa shape index (κ2) is 11.1. The molecule has 2 nitrogen and oxygen atoms in total. The summed E-state index contributed by atoms with van der Waals surface area (Å²) in [4.78, 5) is 2.34. The van der Waals surface area contributed by atoms with Gasteiger partial charge in [-0.3, -0.25) is 0 Å². The highest BCUT2D eigenvalue weighted by Crippen LogP contribution is 2.40. The lowest BCUT2D eigenvalue weighted by atomic mass is 10.1. The Labute approximate surface area is 257 Å². The fraction of sp³-hybridized carbons (Fsp3) is 0. The van der Waals surface area contributed by atoms with Crippen LogP contribution in [0.5, 0.6) is 0 Å². The normalized spacial score (nSPS) is 11.5. The van der Waals surface area contributed by atoms with Gasteiger partial charge in [0.1, 0.15) is 0 Å². The van der Waals surface area contributed by atoms with Gasteiger partial charge >= 0.3 is 0 Å². The number of para-hydroxylation sites is 2. The summed E-state index contributed by atoms with van der Waals surface area (Å²) in [6.45, 7) is 0. The molecule has 44 heavy (non-hydrogen) atoms. The van der Waals surface area contributed by atoms with Crippen LogP contribution in [-0.4, -0.2) is 4.57 Å². The molecule has 8 aromatic rings. The largest absolute Gasteiger partial charge is 0.310 e. The summed E-state index contributed by atoms with van der Waals surface area (Å²) in [6.07, 6.45) is 4.32. The zero-order valence-electron chi connectivity index (χ0n) is 24.2. The van der Waals surface area contributed by atoms with E-state index in [2.05, 4.69) is 185 Å². The van der Waals surface area contributed by atoms with Crippen molar-refractivity contribution in [2.24, 2.45) is 0 Å². The highest BCUT2D eigenvalue weighted by molar-refractivity contribution is 6.12. The van der Waals surface area contributed by atoms with Gasteiger partial charge in [-0.05, 0) is 71.1 Å². The molecule has 0 saturated carbocycles. The zero-order chi connectivity index (χ0) is 29.3. The SMILES string of the molecule is C(=C\c1ccc(N(c2ccccc2)c2ccc3c(c2)c2ccccc2n3-c2cccc3ccccc23)cc1)/c1ccccc1. The summed E-state index contributed by atoms with van der Waals surface area (Å²) in [6, 6.07) is 60.6. The number of hydrogen-bond acceptors (Lipinski definition) is 1. The van der Waals surface area contributed by atoms with Crippen LogP contribution in [0.1, 0.15) is 11.1 Å². The second-order valence-electron chi connectivity index (χ2n) is 11.1. The van der Waals surface area contributed by atoms with Crippen molar-refractivity contribution in [3.63, 3.8) is 0 Å². The third-order valence-electron chi connectivity index (χ3n) is 8.36. The molecule has 7 aromatic carbocycles. The number of nitrogens with zero attached hydrogens (tertiary/aromatic N) is 2. The number of aromatic nitrogens is 1. The van der Waals surface area contributed by atoms with Gasteiger partial charge in [0.2, 0.25) is 0 Å². The molecule has 0 N–H and O–H groups in total. The molecule has 208 valence electrons. The summed E-state index contributed by atoms with van der Waals surface area (Å²) >= 11 is 0. The minimum Gasteiger partial charge on any atom is -0.310 e. The van der Waals surface area contributed by atoms with Crippen molar-refractivity contribution in [1.29, 1.82) is 0 Å². The van der Waals surface area contributed by atoms with E-state index in [0.29, 0.717) is 0 Å². The van der Waals surface area contributed by atoms with Gasteiger partial charge in [-0.2, -0.15) is 0 Å². The Morgan fingerprint density at radius 1 is 0.386 bits per heavy atom. The molecule has 0 unspecified atom stereocenters. The molecule has 0 radical (unpaired) electrons. The van der Waals surface area contributed by atoms with E-state index in [-0.39, 0.29) is 0 Å². The van der Waals surface area contributed by atoms with Crippen LogP contribution in [0, 0.1) is 0 Å². The monoisotopic (exact) mass is 562 g/mol. The first kappa shape index (κ1) is 25.8. The molecule has 0 saturated heterocycles. The van der Waals surface area contributed by atoms with Crippen molar-refractivity contribution in [3.8, 4) is 5.69 Å².